The number of nitrogens with zero attached hydrogens (tertiary/aromatic N) is 1. The molecule has 5 nitrogen and oxygen atoms in total. The molecule has 1 amide bonds. The molecule has 0 spiro atoms. The van der Waals surface area contributed by atoms with Crippen molar-refractivity contribution in [3.8, 4) is 0 Å². The first kappa shape index (κ1) is 17.3. The van der Waals surface area contributed by atoms with E-state index in [9.17, 15) is 14.0 Å². The monoisotopic (exact) mass is 366 g/mol. The van der Waals surface area contributed by atoms with Gasteiger partial charge in [0.05, 0.1) is 0 Å². The predicted octanol–water partition coefficient (Wildman–Crippen LogP) is 3.65. The molecule has 0 unspecified atom stereocenters. The van der Waals surface area contributed by atoms with Crippen molar-refractivity contribution in [2.45, 2.75) is 18.9 Å². The van der Waals surface area contributed by atoms with Crippen molar-refractivity contribution in [1.82, 2.24) is 4.90 Å². The van der Waals surface area contributed by atoms with Crippen LogP contribution in [0.25, 0.3) is 11.0 Å². The fourth-order valence-electron chi connectivity index (χ4n) is 3.39. The predicted molar refractivity (Wildman–Crippen MR) is 101 cm³/mol. The first-order valence-electron chi connectivity index (χ1n) is 8.94. The molecule has 6 heteroatoms. The molecule has 0 atom stereocenters. The van der Waals surface area contributed by atoms with Crippen molar-refractivity contribution >= 4 is 22.6 Å². The minimum atomic E-state index is -0.606. The number of para-hydroxylation sites is 1. The molecule has 0 aliphatic carbocycles. The molecule has 4 rings (SSSR count). The molecule has 1 fully saturated rings. The van der Waals surface area contributed by atoms with Crippen LogP contribution in [0.2, 0.25) is 0 Å². The summed E-state index contributed by atoms with van der Waals surface area (Å²) in [6.07, 6.45) is 1.50. The molecule has 0 radical (unpaired) electrons. The number of likely N-dealkylation sites (tertiary alicyclic amines) is 1. The van der Waals surface area contributed by atoms with E-state index < -0.39 is 5.63 Å². The fourth-order valence-corrected chi connectivity index (χ4v) is 3.39. The Labute approximate surface area is 155 Å². The van der Waals surface area contributed by atoms with Gasteiger partial charge in [0.1, 0.15) is 17.0 Å². The van der Waals surface area contributed by atoms with Gasteiger partial charge in [-0.05, 0) is 49.2 Å². The van der Waals surface area contributed by atoms with Crippen LogP contribution in [0.1, 0.15) is 23.2 Å². The van der Waals surface area contributed by atoms with Crippen molar-refractivity contribution in [3.05, 3.63) is 76.4 Å². The number of carbonyl (C=O) groups is 1. The molecule has 0 saturated carbocycles. The molecule has 1 aliphatic rings. The molecular formula is C21H19FN2O3. The van der Waals surface area contributed by atoms with Gasteiger partial charge in [-0.15, -0.1) is 0 Å². The number of halogens is 1. The second kappa shape index (κ2) is 7.23. The first-order valence-corrected chi connectivity index (χ1v) is 8.94. The van der Waals surface area contributed by atoms with E-state index in [1.165, 1.54) is 12.1 Å². The molecule has 2 heterocycles. The van der Waals surface area contributed by atoms with Crippen molar-refractivity contribution < 1.29 is 13.6 Å². The smallest absolute Gasteiger partial charge is 0.349 e. The Morgan fingerprint density at radius 1 is 1.07 bits per heavy atom. The molecule has 2 aromatic carbocycles. The number of fused-ring (bicyclic) bond motifs is 1. The molecular weight excluding hydrogens is 347 g/mol. The summed E-state index contributed by atoms with van der Waals surface area (Å²) in [6, 6.07) is 15.2. The third-order valence-electron chi connectivity index (χ3n) is 4.87. The summed E-state index contributed by atoms with van der Waals surface area (Å²) in [5.74, 6) is -0.565. The number of rotatable bonds is 3. The number of benzene rings is 2. The van der Waals surface area contributed by atoms with Gasteiger partial charge in [0.15, 0.2) is 0 Å². The number of hydrogen-bond donors (Lipinski definition) is 1. The van der Waals surface area contributed by atoms with Gasteiger partial charge in [-0.3, -0.25) is 4.79 Å². The third-order valence-corrected chi connectivity index (χ3v) is 4.87. The van der Waals surface area contributed by atoms with Gasteiger partial charge >= 0.3 is 5.63 Å². The van der Waals surface area contributed by atoms with Crippen molar-refractivity contribution in [2.75, 3.05) is 18.4 Å². The number of anilines is 1. The van der Waals surface area contributed by atoms with Crippen LogP contribution >= 0.6 is 0 Å². The summed E-state index contributed by atoms with van der Waals surface area (Å²) in [7, 11) is 0. The zero-order valence-electron chi connectivity index (χ0n) is 14.7. The lowest BCUT2D eigenvalue weighted by Crippen LogP contribution is -2.43. The summed E-state index contributed by atoms with van der Waals surface area (Å²) in [5.41, 5.74) is 0.793. The van der Waals surface area contributed by atoms with Crippen LogP contribution < -0.4 is 10.9 Å². The van der Waals surface area contributed by atoms with Gasteiger partial charge in [0.25, 0.3) is 5.91 Å². The van der Waals surface area contributed by atoms with Gasteiger partial charge in [-0.1, -0.05) is 18.2 Å². The van der Waals surface area contributed by atoms with Gasteiger partial charge in [-0.2, -0.15) is 0 Å². The summed E-state index contributed by atoms with van der Waals surface area (Å²) in [5, 5.41) is 4.09. The molecule has 1 N–H and O–H groups in total. The van der Waals surface area contributed by atoms with E-state index in [2.05, 4.69) is 5.32 Å². The quantitative estimate of drug-likeness (QED) is 0.719. The van der Waals surface area contributed by atoms with Crippen LogP contribution in [-0.2, 0) is 0 Å². The Bertz CT molecular complexity index is 1020. The first-order chi connectivity index (χ1) is 13.1. The highest BCUT2D eigenvalue weighted by Crippen LogP contribution is 2.19. The third kappa shape index (κ3) is 3.69. The van der Waals surface area contributed by atoms with Gasteiger partial charge in [0.2, 0.25) is 0 Å². The minimum Gasteiger partial charge on any atom is -0.422 e. The van der Waals surface area contributed by atoms with E-state index in [0.717, 1.165) is 23.9 Å². The lowest BCUT2D eigenvalue weighted by Gasteiger charge is -2.32. The highest BCUT2D eigenvalue weighted by molar-refractivity contribution is 5.96. The highest BCUT2D eigenvalue weighted by Gasteiger charge is 2.26. The summed E-state index contributed by atoms with van der Waals surface area (Å²) < 4.78 is 18.3. The lowest BCUT2D eigenvalue weighted by atomic mass is 10.0. The van der Waals surface area contributed by atoms with E-state index in [0.29, 0.717) is 18.7 Å². The highest BCUT2D eigenvalue weighted by atomic mass is 19.1. The summed E-state index contributed by atoms with van der Waals surface area (Å²) in [4.78, 5) is 26.6. The Kier molecular flexibility index (Phi) is 4.62. The Morgan fingerprint density at radius 2 is 1.78 bits per heavy atom. The largest absolute Gasteiger partial charge is 0.422 e. The normalized spacial score (nSPS) is 15.1. The van der Waals surface area contributed by atoms with Crippen LogP contribution in [0.3, 0.4) is 0 Å². The number of amides is 1. The van der Waals surface area contributed by atoms with E-state index >= 15 is 0 Å². The average molecular weight is 366 g/mol. The lowest BCUT2D eigenvalue weighted by molar-refractivity contribution is 0.0714. The molecule has 1 aromatic heterocycles. The molecule has 138 valence electrons. The topological polar surface area (TPSA) is 62.6 Å². The van der Waals surface area contributed by atoms with E-state index in [4.69, 9.17) is 4.42 Å². The molecule has 1 saturated heterocycles. The second-order valence-electron chi connectivity index (χ2n) is 6.70. The van der Waals surface area contributed by atoms with E-state index in [1.54, 1.807) is 35.2 Å². The van der Waals surface area contributed by atoms with Crippen LogP contribution in [0, 0.1) is 5.82 Å². The van der Waals surface area contributed by atoms with Crippen LogP contribution in [0.4, 0.5) is 10.1 Å². The van der Waals surface area contributed by atoms with Crippen LogP contribution in [0.5, 0.6) is 0 Å². The van der Waals surface area contributed by atoms with Gasteiger partial charge < -0.3 is 14.6 Å². The maximum Gasteiger partial charge on any atom is 0.349 e. The maximum absolute atomic E-state index is 13.0. The summed E-state index contributed by atoms with van der Waals surface area (Å²) >= 11 is 0. The van der Waals surface area contributed by atoms with Crippen molar-refractivity contribution in [1.29, 1.82) is 0 Å². The standard InChI is InChI=1S/C21H19FN2O3/c22-15-5-7-16(8-6-15)23-17-9-11-24(12-10-17)20(25)18-13-14-3-1-2-4-19(14)27-21(18)26/h1-8,13,17,23H,9-12H2. The zero-order chi connectivity index (χ0) is 18.8. The Hall–Kier alpha value is -3.15. The second-order valence-corrected chi connectivity index (χ2v) is 6.70. The number of carbonyl (C=O) groups excluding carboxylic acids is 1. The fraction of sp³-hybridized carbons (Fsp3) is 0.238. The molecule has 3 aromatic rings. The SMILES string of the molecule is O=C(c1cc2ccccc2oc1=O)N1CCC(Nc2ccc(F)cc2)CC1. The van der Waals surface area contributed by atoms with Crippen LogP contribution in [0.15, 0.2) is 63.8 Å². The summed E-state index contributed by atoms with van der Waals surface area (Å²) in [6.45, 7) is 1.09. The van der Waals surface area contributed by atoms with E-state index in [-0.39, 0.29) is 23.3 Å². The van der Waals surface area contributed by atoms with Crippen LogP contribution in [-0.4, -0.2) is 29.9 Å². The average Bonchev–Trinajstić information content (AvgIpc) is 2.69. The Morgan fingerprint density at radius 3 is 2.52 bits per heavy atom. The minimum absolute atomic E-state index is 0.0682. The molecule has 0 bridgehead atoms. The van der Waals surface area contributed by atoms with Gasteiger partial charge in [0, 0.05) is 30.2 Å². The van der Waals surface area contributed by atoms with Gasteiger partial charge in [-0.25, -0.2) is 9.18 Å². The number of piperidine rings is 1. The Balaban J connectivity index is 1.43. The maximum atomic E-state index is 13.0. The van der Waals surface area contributed by atoms with Crippen molar-refractivity contribution in [3.63, 3.8) is 0 Å². The zero-order valence-corrected chi connectivity index (χ0v) is 14.7. The number of hydrogen-bond acceptors (Lipinski definition) is 4. The molecule has 27 heavy (non-hydrogen) atoms. The van der Waals surface area contributed by atoms with Crippen molar-refractivity contribution in [2.24, 2.45) is 0 Å². The van der Waals surface area contributed by atoms with E-state index in [1.807, 2.05) is 12.1 Å². The number of nitrogens with one attached hydrogen (secondary N) is 1. The molecule has 1 aliphatic heterocycles.